The molecule has 4 nitrogen and oxygen atoms in total. The summed E-state index contributed by atoms with van der Waals surface area (Å²) in [7, 11) is 2.11. The van der Waals surface area contributed by atoms with Crippen molar-refractivity contribution in [3.8, 4) is 12.1 Å². The molecule has 0 aromatic heterocycles. The molecule has 2 unspecified atom stereocenters. The Labute approximate surface area is 120 Å². The number of nitrogens with zero attached hydrogens (tertiary/aromatic N) is 4. The molecule has 4 heteroatoms. The molecule has 1 aromatic rings. The number of hydrogen-bond donors (Lipinski definition) is 0. The lowest BCUT2D eigenvalue weighted by atomic mass is 10.1. The first-order valence-electron chi connectivity index (χ1n) is 6.99. The third-order valence-electron chi connectivity index (χ3n) is 4.21. The van der Waals surface area contributed by atoms with E-state index in [1.165, 1.54) is 0 Å². The molecule has 1 aliphatic heterocycles. The third-order valence-corrected chi connectivity index (χ3v) is 4.21. The highest BCUT2D eigenvalue weighted by Crippen LogP contribution is 2.22. The Hall–Kier alpha value is -2.04. The van der Waals surface area contributed by atoms with Crippen molar-refractivity contribution in [1.29, 1.82) is 10.5 Å². The van der Waals surface area contributed by atoms with Gasteiger partial charge in [0, 0.05) is 30.9 Å². The monoisotopic (exact) mass is 268 g/mol. The molecule has 20 heavy (non-hydrogen) atoms. The van der Waals surface area contributed by atoms with E-state index in [2.05, 4.69) is 35.9 Å². The summed E-state index contributed by atoms with van der Waals surface area (Å²) < 4.78 is 0. The molecule has 1 aliphatic rings. The quantitative estimate of drug-likeness (QED) is 0.826. The zero-order valence-electron chi connectivity index (χ0n) is 12.1. The normalized spacial score (nSPS) is 23.7. The molecule has 2 rings (SSSR count). The highest BCUT2D eigenvalue weighted by Gasteiger charge is 2.26. The molecule has 0 amide bonds. The topological polar surface area (TPSA) is 54.1 Å². The Bertz CT molecular complexity index is 523. The second kappa shape index (κ2) is 6.41. The molecule has 0 N–H and O–H groups in total. The molecule has 2 atom stereocenters. The molecular formula is C16H20N4. The van der Waals surface area contributed by atoms with Crippen LogP contribution in [0.3, 0.4) is 0 Å². The highest BCUT2D eigenvalue weighted by atomic mass is 15.2. The summed E-state index contributed by atoms with van der Waals surface area (Å²) in [6, 6.07) is 12.9. The number of anilines is 1. The number of nitriles is 2. The number of benzene rings is 1. The van der Waals surface area contributed by atoms with Crippen LogP contribution in [0.2, 0.25) is 0 Å². The van der Waals surface area contributed by atoms with Gasteiger partial charge in [0.15, 0.2) is 0 Å². The molecule has 1 fully saturated rings. The van der Waals surface area contributed by atoms with Crippen molar-refractivity contribution in [1.82, 2.24) is 4.90 Å². The summed E-state index contributed by atoms with van der Waals surface area (Å²) in [5.74, 6) is 0. The molecule has 1 saturated heterocycles. The summed E-state index contributed by atoms with van der Waals surface area (Å²) in [6.07, 6.45) is 1.63. The van der Waals surface area contributed by atoms with Gasteiger partial charge in [-0.05, 0) is 44.7 Å². The van der Waals surface area contributed by atoms with E-state index >= 15 is 0 Å². The van der Waals surface area contributed by atoms with Gasteiger partial charge >= 0.3 is 0 Å². The summed E-state index contributed by atoms with van der Waals surface area (Å²) in [6.45, 7) is 4.06. The maximum Gasteiger partial charge on any atom is 0.0991 e. The van der Waals surface area contributed by atoms with Crippen molar-refractivity contribution in [2.75, 3.05) is 25.0 Å². The fraction of sp³-hybridized carbons (Fsp3) is 0.500. The van der Waals surface area contributed by atoms with Crippen LogP contribution in [0.25, 0.3) is 0 Å². The van der Waals surface area contributed by atoms with Gasteiger partial charge in [0.05, 0.1) is 24.1 Å². The molecule has 0 radical (unpaired) electrons. The first kappa shape index (κ1) is 14.4. The third kappa shape index (κ3) is 3.10. The summed E-state index contributed by atoms with van der Waals surface area (Å²) in [5, 5.41) is 17.9. The molecule has 0 bridgehead atoms. The van der Waals surface area contributed by atoms with Crippen LogP contribution in [-0.4, -0.2) is 37.1 Å². The van der Waals surface area contributed by atoms with E-state index < -0.39 is 0 Å². The lowest BCUT2D eigenvalue weighted by molar-refractivity contribution is 0.199. The van der Waals surface area contributed by atoms with Crippen LogP contribution in [0.1, 0.15) is 25.3 Å². The van der Waals surface area contributed by atoms with Crippen molar-refractivity contribution in [3.05, 3.63) is 29.8 Å². The number of likely N-dealkylation sites (N-methyl/N-ethyl adjacent to an activating group) is 1. The standard InChI is InChI=1S/C16H20N4/c1-13-8-10-20(12-16(7-9-17)19(13)2)15-5-3-14(11-18)4-6-15/h3-6,13,16H,7-8,10,12H2,1-2H3. The summed E-state index contributed by atoms with van der Waals surface area (Å²) in [5.41, 5.74) is 1.82. The molecular weight excluding hydrogens is 248 g/mol. The Morgan fingerprint density at radius 3 is 2.55 bits per heavy atom. The van der Waals surface area contributed by atoms with E-state index in [0.717, 1.165) is 25.2 Å². The van der Waals surface area contributed by atoms with E-state index in [9.17, 15) is 0 Å². The Balaban J connectivity index is 2.18. The highest BCUT2D eigenvalue weighted by molar-refractivity contribution is 5.50. The predicted octanol–water partition coefficient (Wildman–Crippen LogP) is 2.37. The average Bonchev–Trinajstić information content (AvgIpc) is 2.62. The molecule has 0 saturated carbocycles. The van der Waals surface area contributed by atoms with Gasteiger partial charge in [-0.25, -0.2) is 0 Å². The van der Waals surface area contributed by atoms with E-state index in [1.54, 1.807) is 0 Å². The van der Waals surface area contributed by atoms with E-state index in [4.69, 9.17) is 10.5 Å². The number of rotatable bonds is 2. The Kier molecular flexibility index (Phi) is 4.61. The van der Waals surface area contributed by atoms with E-state index in [1.807, 2.05) is 24.3 Å². The molecule has 1 aromatic carbocycles. The minimum atomic E-state index is 0.258. The molecule has 0 spiro atoms. The molecule has 1 heterocycles. The van der Waals surface area contributed by atoms with Gasteiger partial charge in [-0.3, -0.25) is 4.90 Å². The van der Waals surface area contributed by atoms with Gasteiger partial charge in [-0.1, -0.05) is 0 Å². The van der Waals surface area contributed by atoms with Gasteiger partial charge in [-0.15, -0.1) is 0 Å². The van der Waals surface area contributed by atoms with Crippen LogP contribution in [-0.2, 0) is 0 Å². The van der Waals surface area contributed by atoms with Gasteiger partial charge in [0.1, 0.15) is 0 Å². The smallest absolute Gasteiger partial charge is 0.0991 e. The molecule has 104 valence electrons. The fourth-order valence-corrected chi connectivity index (χ4v) is 2.68. The van der Waals surface area contributed by atoms with Crippen LogP contribution in [0.5, 0.6) is 0 Å². The predicted molar refractivity (Wildman–Crippen MR) is 79.2 cm³/mol. The Morgan fingerprint density at radius 2 is 1.95 bits per heavy atom. The average molecular weight is 268 g/mol. The van der Waals surface area contributed by atoms with Gasteiger partial charge in [0.25, 0.3) is 0 Å². The maximum atomic E-state index is 9.01. The second-order valence-corrected chi connectivity index (χ2v) is 5.42. The van der Waals surface area contributed by atoms with Crippen molar-refractivity contribution in [2.24, 2.45) is 0 Å². The minimum absolute atomic E-state index is 0.258. The van der Waals surface area contributed by atoms with Crippen LogP contribution in [0, 0.1) is 22.7 Å². The zero-order valence-corrected chi connectivity index (χ0v) is 12.1. The minimum Gasteiger partial charge on any atom is -0.370 e. The lowest BCUT2D eigenvalue weighted by Crippen LogP contribution is -2.41. The SMILES string of the molecule is CC1CCN(c2ccc(C#N)cc2)CC(CC#N)N1C. The largest absolute Gasteiger partial charge is 0.370 e. The Morgan fingerprint density at radius 1 is 1.25 bits per heavy atom. The van der Waals surface area contributed by atoms with Gasteiger partial charge in [0.2, 0.25) is 0 Å². The summed E-state index contributed by atoms with van der Waals surface area (Å²) >= 11 is 0. The van der Waals surface area contributed by atoms with Crippen molar-refractivity contribution in [2.45, 2.75) is 31.8 Å². The zero-order chi connectivity index (χ0) is 14.5. The van der Waals surface area contributed by atoms with Crippen molar-refractivity contribution in [3.63, 3.8) is 0 Å². The molecule has 0 aliphatic carbocycles. The fourth-order valence-electron chi connectivity index (χ4n) is 2.68. The second-order valence-electron chi connectivity index (χ2n) is 5.42. The van der Waals surface area contributed by atoms with Gasteiger partial charge in [-0.2, -0.15) is 10.5 Å². The van der Waals surface area contributed by atoms with Crippen LogP contribution in [0.15, 0.2) is 24.3 Å². The number of hydrogen-bond acceptors (Lipinski definition) is 4. The van der Waals surface area contributed by atoms with E-state index in [0.29, 0.717) is 18.0 Å². The van der Waals surface area contributed by atoms with Gasteiger partial charge < -0.3 is 4.90 Å². The first-order valence-corrected chi connectivity index (χ1v) is 6.99. The summed E-state index contributed by atoms with van der Waals surface area (Å²) in [4.78, 5) is 4.63. The first-order chi connectivity index (χ1) is 9.65. The van der Waals surface area contributed by atoms with Crippen molar-refractivity contribution >= 4 is 5.69 Å². The van der Waals surface area contributed by atoms with E-state index in [-0.39, 0.29) is 6.04 Å². The maximum absolute atomic E-state index is 9.01. The van der Waals surface area contributed by atoms with Crippen LogP contribution >= 0.6 is 0 Å². The van der Waals surface area contributed by atoms with Crippen LogP contribution < -0.4 is 4.90 Å². The lowest BCUT2D eigenvalue weighted by Gasteiger charge is -2.30. The van der Waals surface area contributed by atoms with Crippen molar-refractivity contribution < 1.29 is 0 Å². The van der Waals surface area contributed by atoms with Crippen LogP contribution in [0.4, 0.5) is 5.69 Å².